The van der Waals surface area contributed by atoms with E-state index in [0.717, 1.165) is 12.8 Å². The van der Waals surface area contributed by atoms with Gasteiger partial charge in [-0.1, -0.05) is 40.0 Å². The minimum absolute atomic E-state index is 0.317. The molecule has 0 unspecified atom stereocenters. The third-order valence-electron chi connectivity index (χ3n) is 4.68. The Hall–Kier alpha value is -0.530. The van der Waals surface area contributed by atoms with Crippen molar-refractivity contribution in [2.45, 2.75) is 71.8 Å². The molecule has 0 saturated heterocycles. The zero-order valence-electron chi connectivity index (χ0n) is 11.6. The lowest BCUT2D eigenvalue weighted by Gasteiger charge is -2.41. The van der Waals surface area contributed by atoms with Gasteiger partial charge in [-0.05, 0) is 37.0 Å². The van der Waals surface area contributed by atoms with Gasteiger partial charge in [0.15, 0.2) is 0 Å². The second kappa shape index (κ2) is 4.99. The zero-order valence-corrected chi connectivity index (χ0v) is 11.6. The number of hydrogen-bond donors (Lipinski definition) is 1. The summed E-state index contributed by atoms with van der Waals surface area (Å²) in [5.74, 6) is 1.32. The largest absolute Gasteiger partial charge is 0.353 e. The molecule has 2 nitrogen and oxygen atoms in total. The summed E-state index contributed by atoms with van der Waals surface area (Å²) < 4.78 is 0. The van der Waals surface area contributed by atoms with E-state index in [-0.39, 0.29) is 0 Å². The smallest absolute Gasteiger partial charge is 0.223 e. The van der Waals surface area contributed by atoms with Gasteiger partial charge in [0.2, 0.25) is 5.91 Å². The molecular formula is C15H27NO. The van der Waals surface area contributed by atoms with E-state index in [1.807, 2.05) is 0 Å². The maximum absolute atomic E-state index is 12.1. The van der Waals surface area contributed by atoms with E-state index in [9.17, 15) is 4.79 Å². The van der Waals surface area contributed by atoms with Gasteiger partial charge in [-0.25, -0.2) is 0 Å². The summed E-state index contributed by atoms with van der Waals surface area (Å²) in [4.78, 5) is 12.1. The van der Waals surface area contributed by atoms with Gasteiger partial charge in [-0.15, -0.1) is 0 Å². The first kappa shape index (κ1) is 12.9. The summed E-state index contributed by atoms with van der Waals surface area (Å²) in [5.41, 5.74) is 0.317. The average Bonchev–Trinajstić information content (AvgIpc) is 2.13. The lowest BCUT2D eigenvalue weighted by atomic mass is 9.69. The lowest BCUT2D eigenvalue weighted by molar-refractivity contribution is -0.129. The fraction of sp³-hybridized carbons (Fsp3) is 0.933. The van der Waals surface area contributed by atoms with E-state index in [1.165, 1.54) is 32.1 Å². The first-order chi connectivity index (χ1) is 7.98. The first-order valence-corrected chi connectivity index (χ1v) is 7.29. The maximum atomic E-state index is 12.1. The third-order valence-corrected chi connectivity index (χ3v) is 4.68. The first-order valence-electron chi connectivity index (χ1n) is 7.29. The molecule has 2 aliphatic carbocycles. The topological polar surface area (TPSA) is 29.1 Å². The molecule has 2 rings (SSSR count). The monoisotopic (exact) mass is 237 g/mol. The van der Waals surface area contributed by atoms with E-state index in [1.54, 1.807) is 0 Å². The predicted octanol–water partition coefficient (Wildman–Crippen LogP) is 3.51. The number of carbonyl (C=O) groups excluding carboxylic acids is 1. The van der Waals surface area contributed by atoms with Crippen LogP contribution in [-0.4, -0.2) is 11.9 Å². The molecule has 0 aromatic rings. The van der Waals surface area contributed by atoms with Crippen LogP contribution < -0.4 is 5.32 Å². The molecule has 0 radical (unpaired) electrons. The molecule has 2 saturated carbocycles. The summed E-state index contributed by atoms with van der Waals surface area (Å²) in [7, 11) is 0. The van der Waals surface area contributed by atoms with Crippen LogP contribution in [0.1, 0.15) is 65.7 Å². The average molecular weight is 237 g/mol. The van der Waals surface area contributed by atoms with Crippen molar-refractivity contribution >= 4 is 5.91 Å². The summed E-state index contributed by atoms with van der Waals surface area (Å²) >= 11 is 0. The van der Waals surface area contributed by atoms with Crippen LogP contribution in [0.25, 0.3) is 0 Å². The minimum atomic E-state index is 0.317. The van der Waals surface area contributed by atoms with Crippen molar-refractivity contribution in [1.82, 2.24) is 5.32 Å². The van der Waals surface area contributed by atoms with E-state index < -0.39 is 0 Å². The third kappa shape index (κ3) is 3.02. The second-order valence-electron chi connectivity index (χ2n) is 7.00. The molecule has 2 heteroatoms. The zero-order chi connectivity index (χ0) is 12.5. The molecular weight excluding hydrogens is 210 g/mol. The van der Waals surface area contributed by atoms with Crippen molar-refractivity contribution in [3.63, 3.8) is 0 Å². The molecule has 1 amide bonds. The standard InChI is InChI=1S/C15H27NO/c1-15(2,3)12-9-4-5-10-13(12)16-14(17)11-7-6-8-11/h11-13H,4-10H2,1-3H3,(H,16,17)/t12-,13-/m0/s1. The van der Waals surface area contributed by atoms with E-state index in [0.29, 0.717) is 29.2 Å². The summed E-state index contributed by atoms with van der Waals surface area (Å²) in [5, 5.41) is 3.34. The predicted molar refractivity (Wildman–Crippen MR) is 70.7 cm³/mol. The Morgan fingerprint density at radius 3 is 2.18 bits per heavy atom. The number of amides is 1. The highest BCUT2D eigenvalue weighted by Crippen LogP contribution is 2.38. The van der Waals surface area contributed by atoms with Crippen LogP contribution in [0.4, 0.5) is 0 Å². The van der Waals surface area contributed by atoms with Crippen molar-refractivity contribution in [2.24, 2.45) is 17.3 Å². The SMILES string of the molecule is CC(C)(C)[C@H]1CCCC[C@@H]1NC(=O)C1CCC1. The number of nitrogens with one attached hydrogen (secondary N) is 1. The van der Waals surface area contributed by atoms with Crippen LogP contribution in [0.3, 0.4) is 0 Å². The van der Waals surface area contributed by atoms with Gasteiger partial charge in [0.05, 0.1) is 0 Å². The van der Waals surface area contributed by atoms with Gasteiger partial charge in [0.1, 0.15) is 0 Å². The van der Waals surface area contributed by atoms with Crippen molar-refractivity contribution in [3.05, 3.63) is 0 Å². The summed E-state index contributed by atoms with van der Waals surface area (Å²) in [6.45, 7) is 6.93. The van der Waals surface area contributed by atoms with E-state index in [2.05, 4.69) is 26.1 Å². The number of hydrogen-bond acceptors (Lipinski definition) is 1. The number of carbonyl (C=O) groups is 1. The van der Waals surface area contributed by atoms with Gasteiger partial charge in [-0.2, -0.15) is 0 Å². The van der Waals surface area contributed by atoms with Crippen LogP contribution in [0, 0.1) is 17.3 Å². The van der Waals surface area contributed by atoms with Gasteiger partial charge < -0.3 is 5.32 Å². The highest BCUT2D eigenvalue weighted by atomic mass is 16.2. The van der Waals surface area contributed by atoms with Gasteiger partial charge >= 0.3 is 0 Å². The molecule has 0 bridgehead atoms. The molecule has 0 aromatic heterocycles. The van der Waals surface area contributed by atoms with Crippen LogP contribution in [-0.2, 0) is 4.79 Å². The molecule has 0 heterocycles. The Balaban J connectivity index is 1.94. The summed E-state index contributed by atoms with van der Waals surface area (Å²) in [6.07, 6.45) is 8.53. The fourth-order valence-electron chi connectivity index (χ4n) is 3.31. The Labute approximate surface area is 106 Å². The molecule has 17 heavy (non-hydrogen) atoms. The van der Waals surface area contributed by atoms with Crippen LogP contribution >= 0.6 is 0 Å². The Morgan fingerprint density at radius 2 is 1.65 bits per heavy atom. The van der Waals surface area contributed by atoms with Crippen molar-refractivity contribution in [3.8, 4) is 0 Å². The molecule has 2 aliphatic rings. The van der Waals surface area contributed by atoms with Gasteiger partial charge in [-0.3, -0.25) is 4.79 Å². The van der Waals surface area contributed by atoms with Crippen molar-refractivity contribution < 1.29 is 4.79 Å². The van der Waals surface area contributed by atoms with Gasteiger partial charge in [0.25, 0.3) is 0 Å². The molecule has 2 atom stereocenters. The second-order valence-corrected chi connectivity index (χ2v) is 7.00. The molecule has 0 aromatic carbocycles. The molecule has 0 aliphatic heterocycles. The van der Waals surface area contributed by atoms with E-state index in [4.69, 9.17) is 0 Å². The molecule has 1 N–H and O–H groups in total. The molecule has 98 valence electrons. The normalized spacial score (nSPS) is 30.8. The Kier molecular flexibility index (Phi) is 3.79. The highest BCUT2D eigenvalue weighted by Gasteiger charge is 2.36. The molecule has 2 fully saturated rings. The summed E-state index contributed by atoms with van der Waals surface area (Å²) in [6, 6.07) is 0.428. The Bertz CT molecular complexity index is 275. The fourth-order valence-corrected chi connectivity index (χ4v) is 3.31. The van der Waals surface area contributed by atoms with Crippen molar-refractivity contribution in [2.75, 3.05) is 0 Å². The molecule has 0 spiro atoms. The van der Waals surface area contributed by atoms with Crippen molar-refractivity contribution in [1.29, 1.82) is 0 Å². The van der Waals surface area contributed by atoms with Crippen LogP contribution in [0.2, 0.25) is 0 Å². The maximum Gasteiger partial charge on any atom is 0.223 e. The van der Waals surface area contributed by atoms with Crippen LogP contribution in [0.15, 0.2) is 0 Å². The van der Waals surface area contributed by atoms with Gasteiger partial charge in [0, 0.05) is 12.0 Å². The van der Waals surface area contributed by atoms with E-state index >= 15 is 0 Å². The Morgan fingerprint density at radius 1 is 1.00 bits per heavy atom. The highest BCUT2D eigenvalue weighted by molar-refractivity contribution is 5.79. The number of rotatable bonds is 2. The quantitative estimate of drug-likeness (QED) is 0.782. The van der Waals surface area contributed by atoms with Crippen LogP contribution in [0.5, 0.6) is 0 Å². The minimum Gasteiger partial charge on any atom is -0.353 e. The lowest BCUT2D eigenvalue weighted by Crippen LogP contribution is -2.49.